The number of nitrogens with zero attached hydrogens (tertiary/aromatic N) is 1. The van der Waals surface area contributed by atoms with Crippen LogP contribution in [-0.4, -0.2) is 30.5 Å². The summed E-state index contributed by atoms with van der Waals surface area (Å²) in [5.41, 5.74) is 2.63. The van der Waals surface area contributed by atoms with Gasteiger partial charge in [0.15, 0.2) is 0 Å². The van der Waals surface area contributed by atoms with Crippen molar-refractivity contribution in [3.05, 3.63) is 59.7 Å². The zero-order valence-corrected chi connectivity index (χ0v) is 15.5. The molecule has 2 aromatic carbocycles. The smallest absolute Gasteiger partial charge is 0.255 e. The van der Waals surface area contributed by atoms with Crippen molar-refractivity contribution in [2.24, 2.45) is 0 Å². The molecule has 3 rings (SSSR count). The third-order valence-electron chi connectivity index (χ3n) is 4.76. The predicted octanol–water partition coefficient (Wildman–Crippen LogP) is 4.71. The van der Waals surface area contributed by atoms with E-state index in [1.807, 2.05) is 43.3 Å². The first-order valence-electron chi connectivity index (χ1n) is 9.60. The van der Waals surface area contributed by atoms with E-state index < -0.39 is 0 Å². The Labute approximate surface area is 156 Å². The molecule has 0 unspecified atom stereocenters. The largest absolute Gasteiger partial charge is 0.492 e. The van der Waals surface area contributed by atoms with Gasteiger partial charge < -0.3 is 10.1 Å². The van der Waals surface area contributed by atoms with E-state index in [0.717, 1.165) is 6.54 Å². The summed E-state index contributed by atoms with van der Waals surface area (Å²) in [5.74, 6) is 0.583. The van der Waals surface area contributed by atoms with Gasteiger partial charge in [0.2, 0.25) is 0 Å². The molecule has 1 heterocycles. The molecule has 1 saturated heterocycles. The minimum atomic E-state index is -0.113. The number of anilines is 1. The highest BCUT2D eigenvalue weighted by molar-refractivity contribution is 6.05. The van der Waals surface area contributed by atoms with Gasteiger partial charge in [-0.25, -0.2) is 0 Å². The highest BCUT2D eigenvalue weighted by Crippen LogP contribution is 2.24. The minimum absolute atomic E-state index is 0.113. The summed E-state index contributed by atoms with van der Waals surface area (Å²) in [5, 5.41) is 2.95. The number of rotatable bonds is 6. The maximum absolute atomic E-state index is 12.5. The van der Waals surface area contributed by atoms with E-state index >= 15 is 0 Å². The summed E-state index contributed by atoms with van der Waals surface area (Å²) in [4.78, 5) is 15.1. The molecule has 1 fully saturated rings. The normalized spacial score (nSPS) is 15.3. The van der Waals surface area contributed by atoms with Crippen LogP contribution in [0.15, 0.2) is 48.5 Å². The van der Waals surface area contributed by atoms with Crippen LogP contribution in [0.2, 0.25) is 0 Å². The number of ether oxygens (including phenoxy) is 1. The van der Waals surface area contributed by atoms with Gasteiger partial charge in [-0.2, -0.15) is 0 Å². The van der Waals surface area contributed by atoms with E-state index in [1.54, 1.807) is 0 Å². The SMILES string of the molecule is CCOc1ccccc1NC(=O)c1ccc(CN2CCCCCC2)cc1. The highest BCUT2D eigenvalue weighted by Gasteiger charge is 2.12. The molecule has 0 bridgehead atoms. The summed E-state index contributed by atoms with van der Waals surface area (Å²) >= 11 is 0. The Balaban J connectivity index is 1.62. The van der Waals surface area contributed by atoms with Crippen LogP contribution in [0.4, 0.5) is 5.69 Å². The van der Waals surface area contributed by atoms with Gasteiger partial charge in [-0.1, -0.05) is 37.1 Å². The summed E-state index contributed by atoms with van der Waals surface area (Å²) in [6.07, 6.45) is 5.27. The number of para-hydroxylation sites is 2. The van der Waals surface area contributed by atoms with Gasteiger partial charge in [0.25, 0.3) is 5.91 Å². The molecule has 0 atom stereocenters. The van der Waals surface area contributed by atoms with Crippen molar-refractivity contribution in [3.8, 4) is 5.75 Å². The second-order valence-electron chi connectivity index (χ2n) is 6.77. The number of amides is 1. The van der Waals surface area contributed by atoms with Crippen molar-refractivity contribution in [3.63, 3.8) is 0 Å². The fraction of sp³-hybridized carbons (Fsp3) is 0.409. The van der Waals surface area contributed by atoms with Crippen molar-refractivity contribution >= 4 is 11.6 Å². The molecule has 138 valence electrons. The molecule has 1 amide bonds. The Hall–Kier alpha value is -2.33. The lowest BCUT2D eigenvalue weighted by molar-refractivity contribution is 0.102. The van der Waals surface area contributed by atoms with Gasteiger partial charge in [0.05, 0.1) is 12.3 Å². The van der Waals surface area contributed by atoms with E-state index in [2.05, 4.69) is 22.3 Å². The Morgan fingerprint density at radius 2 is 1.69 bits per heavy atom. The van der Waals surface area contributed by atoms with E-state index in [4.69, 9.17) is 4.74 Å². The molecule has 0 spiro atoms. The number of hydrogen-bond acceptors (Lipinski definition) is 3. The van der Waals surface area contributed by atoms with Crippen LogP contribution >= 0.6 is 0 Å². The Morgan fingerprint density at radius 3 is 2.38 bits per heavy atom. The molecule has 0 radical (unpaired) electrons. The summed E-state index contributed by atoms with van der Waals surface area (Å²) < 4.78 is 5.57. The van der Waals surface area contributed by atoms with Gasteiger partial charge in [-0.3, -0.25) is 9.69 Å². The van der Waals surface area contributed by atoms with Gasteiger partial charge in [-0.15, -0.1) is 0 Å². The number of nitrogens with one attached hydrogen (secondary N) is 1. The molecule has 1 aliphatic rings. The monoisotopic (exact) mass is 352 g/mol. The first-order valence-corrected chi connectivity index (χ1v) is 9.60. The molecular formula is C22H28N2O2. The van der Waals surface area contributed by atoms with E-state index in [1.165, 1.54) is 44.3 Å². The molecule has 4 heteroatoms. The van der Waals surface area contributed by atoms with E-state index in [0.29, 0.717) is 23.6 Å². The predicted molar refractivity (Wildman–Crippen MR) is 106 cm³/mol. The molecule has 0 aromatic heterocycles. The fourth-order valence-electron chi connectivity index (χ4n) is 3.36. The lowest BCUT2D eigenvalue weighted by Gasteiger charge is -2.19. The number of benzene rings is 2. The number of hydrogen-bond donors (Lipinski definition) is 1. The average molecular weight is 352 g/mol. The van der Waals surface area contributed by atoms with Gasteiger partial charge in [0, 0.05) is 12.1 Å². The molecule has 0 aliphatic carbocycles. The van der Waals surface area contributed by atoms with Crippen LogP contribution in [-0.2, 0) is 6.54 Å². The van der Waals surface area contributed by atoms with Gasteiger partial charge >= 0.3 is 0 Å². The molecule has 2 aromatic rings. The molecule has 0 saturated carbocycles. The van der Waals surface area contributed by atoms with Gasteiger partial charge in [-0.05, 0) is 62.7 Å². The Bertz CT molecular complexity index is 704. The van der Waals surface area contributed by atoms with Crippen LogP contribution in [0.5, 0.6) is 5.75 Å². The first-order chi connectivity index (χ1) is 12.8. The summed E-state index contributed by atoms with van der Waals surface area (Å²) in [7, 11) is 0. The second kappa shape index (κ2) is 9.39. The number of likely N-dealkylation sites (tertiary alicyclic amines) is 1. The Morgan fingerprint density at radius 1 is 1.00 bits per heavy atom. The Kier molecular flexibility index (Phi) is 6.67. The summed E-state index contributed by atoms with van der Waals surface area (Å²) in [6.45, 7) is 5.82. The molecule has 4 nitrogen and oxygen atoms in total. The van der Waals surface area contributed by atoms with E-state index in [-0.39, 0.29) is 5.91 Å². The highest BCUT2D eigenvalue weighted by atomic mass is 16.5. The van der Waals surface area contributed by atoms with Crippen molar-refractivity contribution in [1.29, 1.82) is 0 Å². The third-order valence-corrected chi connectivity index (χ3v) is 4.76. The average Bonchev–Trinajstić information content (AvgIpc) is 2.93. The topological polar surface area (TPSA) is 41.6 Å². The second-order valence-corrected chi connectivity index (χ2v) is 6.77. The minimum Gasteiger partial charge on any atom is -0.492 e. The van der Waals surface area contributed by atoms with Crippen LogP contribution in [0.1, 0.15) is 48.5 Å². The van der Waals surface area contributed by atoms with Crippen molar-refractivity contribution in [1.82, 2.24) is 4.90 Å². The van der Waals surface area contributed by atoms with Crippen LogP contribution in [0.3, 0.4) is 0 Å². The van der Waals surface area contributed by atoms with Crippen LogP contribution in [0, 0.1) is 0 Å². The first kappa shape index (κ1) is 18.5. The lowest BCUT2D eigenvalue weighted by Crippen LogP contribution is -2.24. The number of carbonyl (C=O) groups excluding carboxylic acids is 1. The maximum Gasteiger partial charge on any atom is 0.255 e. The van der Waals surface area contributed by atoms with Crippen molar-refractivity contribution in [2.45, 2.75) is 39.2 Å². The molecule has 1 N–H and O–H groups in total. The molecular weight excluding hydrogens is 324 g/mol. The summed E-state index contributed by atoms with van der Waals surface area (Å²) in [6, 6.07) is 15.5. The van der Waals surface area contributed by atoms with Crippen molar-refractivity contribution in [2.75, 3.05) is 25.0 Å². The quantitative estimate of drug-likeness (QED) is 0.818. The molecule has 1 aliphatic heterocycles. The fourth-order valence-corrected chi connectivity index (χ4v) is 3.36. The van der Waals surface area contributed by atoms with E-state index in [9.17, 15) is 4.79 Å². The molecule has 26 heavy (non-hydrogen) atoms. The van der Waals surface area contributed by atoms with Crippen LogP contribution in [0.25, 0.3) is 0 Å². The third kappa shape index (κ3) is 5.09. The number of carbonyl (C=O) groups is 1. The van der Waals surface area contributed by atoms with Crippen LogP contribution < -0.4 is 10.1 Å². The zero-order chi connectivity index (χ0) is 18.2. The lowest BCUT2D eigenvalue weighted by atomic mass is 10.1. The van der Waals surface area contributed by atoms with Crippen molar-refractivity contribution < 1.29 is 9.53 Å². The maximum atomic E-state index is 12.5. The zero-order valence-electron chi connectivity index (χ0n) is 15.5. The van der Waals surface area contributed by atoms with Gasteiger partial charge in [0.1, 0.15) is 5.75 Å². The standard InChI is InChI=1S/C22H28N2O2/c1-2-26-21-10-6-5-9-20(21)23-22(25)19-13-11-18(12-14-19)17-24-15-7-3-4-8-16-24/h5-6,9-14H,2-4,7-8,15-17H2,1H3,(H,23,25).